The van der Waals surface area contributed by atoms with E-state index in [4.69, 9.17) is 5.73 Å². The molecule has 3 rings (SSSR count). The molecule has 2 amide bonds. The van der Waals surface area contributed by atoms with Gasteiger partial charge in [0.25, 0.3) is 5.91 Å². The van der Waals surface area contributed by atoms with Gasteiger partial charge >= 0.3 is 6.18 Å². The first-order chi connectivity index (χ1) is 13.1. The molecule has 0 saturated heterocycles. The third kappa shape index (κ3) is 3.64. The Balaban J connectivity index is 1.93. The number of aromatic nitrogens is 4. The third-order valence-corrected chi connectivity index (χ3v) is 5.28. The molecular weight excluding hydrogens is 445 g/mol. The van der Waals surface area contributed by atoms with Gasteiger partial charge in [0, 0.05) is 12.5 Å². The summed E-state index contributed by atoms with van der Waals surface area (Å²) in [6, 6.07) is -1.05. The fourth-order valence-electron chi connectivity index (χ4n) is 2.95. The maximum absolute atomic E-state index is 13.3. The highest BCUT2D eigenvalue weighted by atomic mass is 79.9. The molecule has 0 spiro atoms. The molecule has 2 aromatic rings. The zero-order chi connectivity index (χ0) is 20.8. The van der Waals surface area contributed by atoms with E-state index in [0.29, 0.717) is 12.2 Å². The van der Waals surface area contributed by atoms with Gasteiger partial charge in [0.1, 0.15) is 11.7 Å². The summed E-state index contributed by atoms with van der Waals surface area (Å²) in [4.78, 5) is 24.3. The van der Waals surface area contributed by atoms with Crippen LogP contribution >= 0.6 is 15.9 Å². The minimum absolute atomic E-state index is 0.0168. The van der Waals surface area contributed by atoms with E-state index in [1.165, 1.54) is 17.8 Å². The van der Waals surface area contributed by atoms with Crippen molar-refractivity contribution in [2.75, 3.05) is 5.32 Å². The number of primary amides is 1. The Bertz CT molecular complexity index is 932. The maximum atomic E-state index is 13.3. The number of amides is 2. The van der Waals surface area contributed by atoms with E-state index in [9.17, 15) is 22.8 Å². The highest BCUT2D eigenvalue weighted by Gasteiger charge is 2.43. The third-order valence-electron chi connectivity index (χ3n) is 4.50. The van der Waals surface area contributed by atoms with Crippen molar-refractivity contribution in [1.82, 2.24) is 19.6 Å². The molecule has 0 bridgehead atoms. The van der Waals surface area contributed by atoms with E-state index < -0.39 is 29.7 Å². The van der Waals surface area contributed by atoms with E-state index in [1.54, 1.807) is 6.92 Å². The SMILES string of the molecule is CCn1ncc(NC(=O)[C@@H](C)n2nc(C(F)(F)F)c(Br)c2C2CC2)c1C(N)=O. The van der Waals surface area contributed by atoms with Crippen LogP contribution in [0, 0.1) is 0 Å². The molecule has 12 heteroatoms. The van der Waals surface area contributed by atoms with E-state index in [-0.39, 0.29) is 21.8 Å². The van der Waals surface area contributed by atoms with Gasteiger partial charge in [0.2, 0.25) is 5.91 Å². The number of carbonyl (C=O) groups is 2. The summed E-state index contributed by atoms with van der Waals surface area (Å²) in [6.07, 6.45) is -1.92. The number of rotatable bonds is 6. The number of halogens is 4. The minimum atomic E-state index is -4.65. The Hall–Kier alpha value is -2.37. The lowest BCUT2D eigenvalue weighted by molar-refractivity contribution is -0.142. The van der Waals surface area contributed by atoms with Gasteiger partial charge in [-0.15, -0.1) is 0 Å². The lowest BCUT2D eigenvalue weighted by atomic mass is 10.2. The highest BCUT2D eigenvalue weighted by Crippen LogP contribution is 2.47. The predicted molar refractivity (Wildman–Crippen MR) is 96.7 cm³/mol. The predicted octanol–water partition coefficient (Wildman–Crippen LogP) is 3.06. The molecule has 8 nitrogen and oxygen atoms in total. The topological polar surface area (TPSA) is 108 Å². The van der Waals surface area contributed by atoms with Crippen LogP contribution in [-0.2, 0) is 17.5 Å². The second kappa shape index (κ2) is 7.22. The quantitative estimate of drug-likeness (QED) is 0.687. The van der Waals surface area contributed by atoms with E-state index in [2.05, 4.69) is 31.4 Å². The number of anilines is 1. The summed E-state index contributed by atoms with van der Waals surface area (Å²) in [7, 11) is 0. The van der Waals surface area contributed by atoms with Crippen molar-refractivity contribution in [3.63, 3.8) is 0 Å². The number of nitrogens with two attached hydrogens (primary N) is 1. The Kier molecular flexibility index (Phi) is 5.26. The fraction of sp³-hybridized carbons (Fsp3) is 0.500. The summed E-state index contributed by atoms with van der Waals surface area (Å²) in [6.45, 7) is 3.54. The normalized spacial score (nSPS) is 15.5. The highest BCUT2D eigenvalue weighted by molar-refractivity contribution is 9.10. The molecule has 1 atom stereocenters. The molecule has 1 saturated carbocycles. The van der Waals surface area contributed by atoms with Crippen molar-refractivity contribution in [2.45, 2.75) is 51.4 Å². The van der Waals surface area contributed by atoms with E-state index in [1.807, 2.05) is 0 Å². The van der Waals surface area contributed by atoms with Crippen molar-refractivity contribution in [3.8, 4) is 0 Å². The van der Waals surface area contributed by atoms with Crippen molar-refractivity contribution in [2.24, 2.45) is 5.73 Å². The largest absolute Gasteiger partial charge is 0.436 e. The average Bonchev–Trinajstić information content (AvgIpc) is 3.25. The molecule has 0 aliphatic heterocycles. The van der Waals surface area contributed by atoms with Crippen LogP contribution in [0.5, 0.6) is 0 Å². The van der Waals surface area contributed by atoms with Gasteiger partial charge in [-0.05, 0) is 42.6 Å². The molecule has 1 fully saturated rings. The molecule has 1 aliphatic rings. The van der Waals surface area contributed by atoms with E-state index in [0.717, 1.165) is 17.5 Å². The van der Waals surface area contributed by atoms with Crippen molar-refractivity contribution in [3.05, 3.63) is 27.8 Å². The molecule has 3 N–H and O–H groups in total. The molecular formula is C16H18BrF3N6O2. The van der Waals surface area contributed by atoms with Crippen LogP contribution in [0.15, 0.2) is 10.7 Å². The van der Waals surface area contributed by atoms with Gasteiger partial charge in [-0.2, -0.15) is 23.4 Å². The molecule has 2 heterocycles. The molecule has 0 aromatic carbocycles. The number of carbonyl (C=O) groups excluding carboxylic acids is 2. The molecule has 0 unspecified atom stereocenters. The molecule has 0 radical (unpaired) electrons. The Labute approximate surface area is 166 Å². The second-order valence-electron chi connectivity index (χ2n) is 6.52. The van der Waals surface area contributed by atoms with Gasteiger partial charge in [0.15, 0.2) is 5.69 Å². The van der Waals surface area contributed by atoms with Crippen LogP contribution in [0.3, 0.4) is 0 Å². The number of hydrogen-bond acceptors (Lipinski definition) is 4. The standard InChI is InChI=1S/C16H18BrF3N6O2/c1-3-25-12(14(21)27)9(6-22-25)23-15(28)7(2)26-11(8-4-5-8)10(17)13(24-26)16(18,19)20/h6-8H,3-5H2,1-2H3,(H2,21,27)(H,23,28)/t7-/m1/s1. The average molecular weight is 463 g/mol. The van der Waals surface area contributed by atoms with Gasteiger partial charge in [0.05, 0.1) is 22.1 Å². The Morgan fingerprint density at radius 3 is 2.57 bits per heavy atom. The fourth-order valence-corrected chi connectivity index (χ4v) is 3.76. The van der Waals surface area contributed by atoms with Crippen LogP contribution in [0.25, 0.3) is 0 Å². The number of hydrogen-bond donors (Lipinski definition) is 2. The molecule has 2 aromatic heterocycles. The molecule has 1 aliphatic carbocycles. The number of alkyl halides is 3. The number of aryl methyl sites for hydroxylation is 1. The molecule has 152 valence electrons. The Morgan fingerprint density at radius 2 is 2.07 bits per heavy atom. The van der Waals surface area contributed by atoms with Crippen LogP contribution < -0.4 is 11.1 Å². The van der Waals surface area contributed by atoms with Crippen molar-refractivity contribution >= 4 is 33.4 Å². The first kappa shape index (κ1) is 20.4. The summed E-state index contributed by atoms with van der Waals surface area (Å²) >= 11 is 3.00. The van der Waals surface area contributed by atoms with Crippen molar-refractivity contribution in [1.29, 1.82) is 0 Å². The molecule has 28 heavy (non-hydrogen) atoms. The van der Waals surface area contributed by atoms with Crippen LogP contribution in [0.2, 0.25) is 0 Å². The van der Waals surface area contributed by atoms with Gasteiger partial charge in [-0.1, -0.05) is 0 Å². The lowest BCUT2D eigenvalue weighted by Gasteiger charge is -2.16. The van der Waals surface area contributed by atoms with Gasteiger partial charge in [-0.25, -0.2) is 0 Å². The van der Waals surface area contributed by atoms with Crippen molar-refractivity contribution < 1.29 is 22.8 Å². The first-order valence-electron chi connectivity index (χ1n) is 8.57. The van der Waals surface area contributed by atoms with E-state index >= 15 is 0 Å². The first-order valence-corrected chi connectivity index (χ1v) is 9.37. The zero-order valence-electron chi connectivity index (χ0n) is 15.0. The summed E-state index contributed by atoms with van der Waals surface area (Å²) in [5, 5.41) is 10.1. The number of nitrogens with zero attached hydrogens (tertiary/aromatic N) is 4. The van der Waals surface area contributed by atoms with Gasteiger partial charge in [-0.3, -0.25) is 19.0 Å². The van der Waals surface area contributed by atoms with Crippen LogP contribution in [0.4, 0.5) is 18.9 Å². The van der Waals surface area contributed by atoms with Crippen LogP contribution in [0.1, 0.15) is 60.5 Å². The Morgan fingerprint density at radius 1 is 1.43 bits per heavy atom. The second-order valence-corrected chi connectivity index (χ2v) is 7.31. The zero-order valence-corrected chi connectivity index (χ0v) is 16.6. The smallest absolute Gasteiger partial charge is 0.364 e. The number of nitrogens with one attached hydrogen (secondary N) is 1. The monoisotopic (exact) mass is 462 g/mol. The maximum Gasteiger partial charge on any atom is 0.436 e. The minimum Gasteiger partial charge on any atom is -0.364 e. The summed E-state index contributed by atoms with van der Waals surface area (Å²) in [5.41, 5.74) is 4.73. The lowest BCUT2D eigenvalue weighted by Crippen LogP contribution is -2.27. The summed E-state index contributed by atoms with van der Waals surface area (Å²) in [5.74, 6) is -1.50. The summed E-state index contributed by atoms with van der Waals surface area (Å²) < 4.78 is 42.0. The van der Waals surface area contributed by atoms with Gasteiger partial charge < -0.3 is 11.1 Å². The van der Waals surface area contributed by atoms with Crippen LogP contribution in [-0.4, -0.2) is 31.4 Å².